The molecular formula is C19H24F3N7O. The lowest BCUT2D eigenvalue weighted by atomic mass is 9.94. The van der Waals surface area contributed by atoms with E-state index in [-0.39, 0.29) is 11.3 Å². The Labute approximate surface area is 172 Å². The normalized spacial score (nSPS) is 19.7. The summed E-state index contributed by atoms with van der Waals surface area (Å²) in [4.78, 5) is 20.1. The summed E-state index contributed by atoms with van der Waals surface area (Å²) in [7, 11) is 0. The number of piperidine rings is 1. The van der Waals surface area contributed by atoms with E-state index in [1.54, 1.807) is 13.0 Å². The first-order valence-corrected chi connectivity index (χ1v) is 9.83. The van der Waals surface area contributed by atoms with Gasteiger partial charge in [-0.15, -0.1) is 0 Å². The van der Waals surface area contributed by atoms with E-state index in [0.29, 0.717) is 43.6 Å². The molecule has 0 atom stereocenters. The van der Waals surface area contributed by atoms with Gasteiger partial charge in [0.1, 0.15) is 5.82 Å². The monoisotopic (exact) mass is 423 g/mol. The van der Waals surface area contributed by atoms with Gasteiger partial charge in [0.15, 0.2) is 5.69 Å². The maximum absolute atomic E-state index is 13.6. The van der Waals surface area contributed by atoms with Gasteiger partial charge in [-0.2, -0.15) is 18.2 Å². The average Bonchev–Trinajstić information content (AvgIpc) is 2.64. The van der Waals surface area contributed by atoms with Crippen molar-refractivity contribution in [3.05, 3.63) is 18.0 Å². The van der Waals surface area contributed by atoms with Crippen molar-refractivity contribution in [2.75, 3.05) is 41.7 Å². The second kappa shape index (κ2) is 7.22. The van der Waals surface area contributed by atoms with Crippen LogP contribution in [0.4, 0.5) is 30.9 Å². The first-order valence-electron chi connectivity index (χ1n) is 9.83. The lowest BCUT2D eigenvalue weighted by Crippen LogP contribution is -2.46. The maximum Gasteiger partial charge on any atom is 0.434 e. The van der Waals surface area contributed by atoms with Gasteiger partial charge in [0.05, 0.1) is 11.3 Å². The van der Waals surface area contributed by atoms with Gasteiger partial charge in [-0.25, -0.2) is 15.0 Å². The third kappa shape index (κ3) is 4.11. The number of aliphatic hydroxyl groups is 1. The number of nitrogen functional groups attached to an aromatic ring is 1. The molecule has 0 unspecified atom stereocenters. The van der Waals surface area contributed by atoms with Crippen LogP contribution in [-0.4, -0.2) is 56.8 Å². The van der Waals surface area contributed by atoms with Gasteiger partial charge in [-0.1, -0.05) is 6.92 Å². The third-order valence-electron chi connectivity index (χ3n) is 5.56. The van der Waals surface area contributed by atoms with E-state index in [2.05, 4.69) is 26.9 Å². The second-order valence-corrected chi connectivity index (χ2v) is 8.39. The van der Waals surface area contributed by atoms with Crippen molar-refractivity contribution in [2.45, 2.75) is 38.5 Å². The Hall–Kier alpha value is -2.69. The zero-order valence-electron chi connectivity index (χ0n) is 16.8. The number of nitrogens with two attached hydrogens (primary N) is 1. The predicted octanol–water partition coefficient (Wildman–Crippen LogP) is 2.34. The van der Waals surface area contributed by atoms with Gasteiger partial charge in [-0.05, 0) is 25.7 Å². The maximum atomic E-state index is 13.6. The standard InChI is InChI=1S/C19H24F3N7O/c1-11-9-29(10-11)14-7-13(12-8-24-16(23)27-15(12)19(20,21)22)25-17(26-14)28-5-3-18(2,30)4-6-28/h7-8,11,30H,3-6,9-10H2,1-2H3,(H2,23,24,27). The van der Waals surface area contributed by atoms with Crippen LogP contribution < -0.4 is 15.5 Å². The molecule has 2 saturated heterocycles. The Morgan fingerprint density at radius 2 is 1.80 bits per heavy atom. The van der Waals surface area contributed by atoms with Crippen LogP contribution in [0.1, 0.15) is 32.4 Å². The molecule has 30 heavy (non-hydrogen) atoms. The van der Waals surface area contributed by atoms with Crippen LogP contribution in [0.5, 0.6) is 0 Å². The highest BCUT2D eigenvalue weighted by Crippen LogP contribution is 2.37. The van der Waals surface area contributed by atoms with Gasteiger partial charge in [0.25, 0.3) is 0 Å². The summed E-state index contributed by atoms with van der Waals surface area (Å²) in [5, 5.41) is 10.2. The number of nitrogens with zero attached hydrogens (tertiary/aromatic N) is 6. The van der Waals surface area contributed by atoms with E-state index in [0.717, 1.165) is 19.3 Å². The molecule has 4 rings (SSSR count). The Kier molecular flexibility index (Phi) is 4.95. The van der Waals surface area contributed by atoms with E-state index < -0.39 is 23.4 Å². The molecule has 0 aliphatic carbocycles. The van der Waals surface area contributed by atoms with Crippen molar-refractivity contribution in [1.82, 2.24) is 19.9 Å². The van der Waals surface area contributed by atoms with Crippen LogP contribution in [0.3, 0.4) is 0 Å². The van der Waals surface area contributed by atoms with Crippen molar-refractivity contribution >= 4 is 17.7 Å². The van der Waals surface area contributed by atoms with Gasteiger partial charge >= 0.3 is 6.18 Å². The minimum absolute atomic E-state index is 0.0965. The molecule has 3 N–H and O–H groups in total. The van der Waals surface area contributed by atoms with E-state index >= 15 is 0 Å². The zero-order chi connectivity index (χ0) is 21.7. The minimum atomic E-state index is -4.70. The Bertz CT molecular complexity index is 934. The molecule has 0 aromatic carbocycles. The fourth-order valence-corrected chi connectivity index (χ4v) is 3.74. The number of anilines is 3. The summed E-state index contributed by atoms with van der Waals surface area (Å²) in [5.41, 5.74) is 3.38. The van der Waals surface area contributed by atoms with Crippen molar-refractivity contribution in [2.24, 2.45) is 5.92 Å². The molecular weight excluding hydrogens is 399 g/mol. The number of hydrogen-bond donors (Lipinski definition) is 2. The fourth-order valence-electron chi connectivity index (χ4n) is 3.74. The van der Waals surface area contributed by atoms with Crippen LogP contribution in [0.15, 0.2) is 12.3 Å². The molecule has 0 bridgehead atoms. The smallest absolute Gasteiger partial charge is 0.390 e. The van der Waals surface area contributed by atoms with E-state index in [9.17, 15) is 18.3 Å². The third-order valence-corrected chi connectivity index (χ3v) is 5.56. The van der Waals surface area contributed by atoms with Crippen molar-refractivity contribution < 1.29 is 18.3 Å². The molecule has 2 aliphatic rings. The molecule has 0 spiro atoms. The quantitative estimate of drug-likeness (QED) is 0.775. The summed E-state index contributed by atoms with van der Waals surface area (Å²) in [6, 6.07) is 1.54. The van der Waals surface area contributed by atoms with Crippen LogP contribution in [0.2, 0.25) is 0 Å². The predicted molar refractivity (Wildman–Crippen MR) is 106 cm³/mol. The topological polar surface area (TPSA) is 104 Å². The summed E-state index contributed by atoms with van der Waals surface area (Å²) >= 11 is 0. The Morgan fingerprint density at radius 3 is 2.40 bits per heavy atom. The molecule has 8 nitrogen and oxygen atoms in total. The van der Waals surface area contributed by atoms with Crippen molar-refractivity contribution in [1.29, 1.82) is 0 Å². The SMILES string of the molecule is CC1CN(c2cc(-c3cnc(N)nc3C(F)(F)F)nc(N3CCC(C)(O)CC3)n2)C1. The number of alkyl halides is 3. The summed E-state index contributed by atoms with van der Waals surface area (Å²) in [5.74, 6) is 0.941. The lowest BCUT2D eigenvalue weighted by Gasteiger charge is -2.39. The van der Waals surface area contributed by atoms with E-state index in [1.165, 1.54) is 0 Å². The molecule has 162 valence electrons. The molecule has 0 amide bonds. The van der Waals surface area contributed by atoms with Crippen LogP contribution in [0, 0.1) is 5.92 Å². The minimum Gasteiger partial charge on any atom is -0.390 e. The second-order valence-electron chi connectivity index (χ2n) is 8.39. The molecule has 2 aliphatic heterocycles. The first-order chi connectivity index (χ1) is 14.0. The molecule has 4 heterocycles. The molecule has 0 saturated carbocycles. The van der Waals surface area contributed by atoms with Crippen LogP contribution >= 0.6 is 0 Å². The molecule has 0 radical (unpaired) electrons. The summed E-state index contributed by atoms with van der Waals surface area (Å²) in [6.07, 6.45) is -2.60. The van der Waals surface area contributed by atoms with Crippen LogP contribution in [-0.2, 0) is 6.18 Å². The Morgan fingerprint density at radius 1 is 1.13 bits per heavy atom. The van der Waals surface area contributed by atoms with Crippen molar-refractivity contribution in [3.63, 3.8) is 0 Å². The average molecular weight is 423 g/mol. The summed E-state index contributed by atoms with van der Waals surface area (Å²) in [6.45, 7) is 6.44. The fraction of sp³-hybridized carbons (Fsp3) is 0.579. The Balaban J connectivity index is 1.78. The van der Waals surface area contributed by atoms with Gasteiger partial charge < -0.3 is 20.6 Å². The molecule has 11 heteroatoms. The highest BCUT2D eigenvalue weighted by molar-refractivity contribution is 5.68. The number of rotatable bonds is 3. The first kappa shape index (κ1) is 20.6. The van der Waals surface area contributed by atoms with Crippen molar-refractivity contribution in [3.8, 4) is 11.3 Å². The number of hydrogen-bond acceptors (Lipinski definition) is 8. The van der Waals surface area contributed by atoms with Gasteiger partial charge in [0.2, 0.25) is 11.9 Å². The summed E-state index contributed by atoms with van der Waals surface area (Å²) < 4.78 is 40.8. The molecule has 2 fully saturated rings. The van der Waals surface area contributed by atoms with E-state index in [4.69, 9.17) is 5.73 Å². The molecule has 2 aromatic heterocycles. The highest BCUT2D eigenvalue weighted by Gasteiger charge is 2.38. The van der Waals surface area contributed by atoms with Gasteiger partial charge in [-0.3, -0.25) is 0 Å². The zero-order valence-corrected chi connectivity index (χ0v) is 16.8. The highest BCUT2D eigenvalue weighted by atomic mass is 19.4. The van der Waals surface area contributed by atoms with Gasteiger partial charge in [0, 0.05) is 44.0 Å². The largest absolute Gasteiger partial charge is 0.434 e. The molecule has 2 aromatic rings. The number of halogens is 3. The lowest BCUT2D eigenvalue weighted by molar-refractivity contribution is -0.140. The van der Waals surface area contributed by atoms with E-state index in [1.807, 2.05) is 9.80 Å². The number of aromatic nitrogens is 4. The van der Waals surface area contributed by atoms with Crippen LogP contribution in [0.25, 0.3) is 11.3 Å².